The number of rotatable bonds is 7. The van der Waals surface area contributed by atoms with Gasteiger partial charge in [-0.2, -0.15) is 0 Å². The molecule has 0 saturated carbocycles. The predicted molar refractivity (Wildman–Crippen MR) is 127 cm³/mol. The summed E-state index contributed by atoms with van der Waals surface area (Å²) in [5.74, 6) is 0. The number of nitrogens with zero attached hydrogens (tertiary/aromatic N) is 2. The molecule has 0 fully saturated rings. The fourth-order valence-corrected chi connectivity index (χ4v) is 4.15. The maximum Gasteiger partial charge on any atom is 0.250 e. The Kier molecular flexibility index (Phi) is 6.58. The molecule has 0 aliphatic carbocycles. The third-order valence-corrected chi connectivity index (χ3v) is 6.30. The third kappa shape index (κ3) is 4.54. The van der Waals surface area contributed by atoms with Gasteiger partial charge in [-0.3, -0.25) is 4.79 Å². The zero-order valence-electron chi connectivity index (χ0n) is 18.6. The Morgan fingerprint density at radius 3 is 2.44 bits per heavy atom. The Labute approximate surface area is 189 Å². The number of aromatic nitrogens is 1. The van der Waals surface area contributed by atoms with Crippen LogP contribution in [0.1, 0.15) is 36.9 Å². The van der Waals surface area contributed by atoms with Crippen LogP contribution in [0.15, 0.2) is 90.0 Å². The molecular formula is C27H30N2O3. The van der Waals surface area contributed by atoms with Gasteiger partial charge in [0.05, 0.1) is 6.04 Å². The van der Waals surface area contributed by atoms with Gasteiger partial charge in [0.25, 0.3) is 5.56 Å². The molecule has 2 aromatic carbocycles. The van der Waals surface area contributed by atoms with Crippen LogP contribution in [0.25, 0.3) is 11.1 Å². The highest BCUT2D eigenvalue weighted by Gasteiger charge is 2.34. The van der Waals surface area contributed by atoms with E-state index in [-0.39, 0.29) is 18.2 Å². The smallest absolute Gasteiger partial charge is 0.250 e. The molecule has 3 aromatic rings. The molecule has 1 N–H and O–H groups in total. The average Bonchev–Trinajstić information content (AvgIpc) is 2.85. The summed E-state index contributed by atoms with van der Waals surface area (Å²) in [4.78, 5) is 14.1. The maximum absolute atomic E-state index is 11.9. The van der Waals surface area contributed by atoms with Crippen molar-refractivity contribution in [2.45, 2.75) is 31.4 Å². The molecule has 0 unspecified atom stereocenters. The highest BCUT2D eigenvalue weighted by molar-refractivity contribution is 5.63. The average molecular weight is 431 g/mol. The molecule has 0 radical (unpaired) electrons. The van der Waals surface area contributed by atoms with Gasteiger partial charge in [0.15, 0.2) is 0 Å². The number of aliphatic hydroxyl groups excluding tert-OH is 1. The van der Waals surface area contributed by atoms with Crippen LogP contribution in [0.2, 0.25) is 0 Å². The van der Waals surface area contributed by atoms with Crippen molar-refractivity contribution in [3.8, 4) is 11.1 Å². The van der Waals surface area contributed by atoms with E-state index in [1.54, 1.807) is 23.9 Å². The lowest BCUT2D eigenvalue weighted by Crippen LogP contribution is -2.38. The van der Waals surface area contributed by atoms with E-state index >= 15 is 0 Å². The molecule has 1 aliphatic heterocycles. The molecule has 2 heterocycles. The van der Waals surface area contributed by atoms with E-state index in [4.69, 9.17) is 4.74 Å². The first-order valence-electron chi connectivity index (χ1n) is 11.0. The Balaban J connectivity index is 1.52. The fourth-order valence-electron chi connectivity index (χ4n) is 4.15. The molecule has 2 atom stereocenters. The van der Waals surface area contributed by atoms with Crippen LogP contribution in [-0.4, -0.2) is 27.9 Å². The van der Waals surface area contributed by atoms with E-state index in [1.165, 1.54) is 5.56 Å². The first kappa shape index (κ1) is 22.1. The molecule has 5 heteroatoms. The Bertz CT molecular complexity index is 1120. The minimum Gasteiger partial charge on any atom is -0.396 e. The van der Waals surface area contributed by atoms with Crippen molar-refractivity contribution in [2.24, 2.45) is 7.05 Å². The molecule has 0 spiro atoms. The summed E-state index contributed by atoms with van der Waals surface area (Å²) in [5, 5.41) is 9.37. The maximum atomic E-state index is 11.9. The third-order valence-electron chi connectivity index (χ3n) is 6.30. The molecule has 0 bridgehead atoms. The van der Waals surface area contributed by atoms with Crippen LogP contribution in [0.4, 0.5) is 0 Å². The van der Waals surface area contributed by atoms with Crippen LogP contribution in [0, 0.1) is 0 Å². The first-order valence-corrected chi connectivity index (χ1v) is 11.0. The van der Waals surface area contributed by atoms with Crippen molar-refractivity contribution < 1.29 is 9.84 Å². The lowest BCUT2D eigenvalue weighted by molar-refractivity contribution is -0.0887. The number of hydrogen-bond acceptors (Lipinski definition) is 4. The van der Waals surface area contributed by atoms with Gasteiger partial charge < -0.3 is 19.3 Å². The molecule has 1 aromatic heterocycles. The molecule has 5 nitrogen and oxygen atoms in total. The summed E-state index contributed by atoms with van der Waals surface area (Å²) in [7, 11) is 1.75. The van der Waals surface area contributed by atoms with E-state index in [9.17, 15) is 9.90 Å². The Morgan fingerprint density at radius 1 is 1.06 bits per heavy atom. The first-order chi connectivity index (χ1) is 15.5. The van der Waals surface area contributed by atoms with E-state index in [0.29, 0.717) is 13.2 Å². The van der Waals surface area contributed by atoms with Crippen molar-refractivity contribution in [1.82, 2.24) is 9.47 Å². The topological polar surface area (TPSA) is 54.7 Å². The van der Waals surface area contributed by atoms with Gasteiger partial charge >= 0.3 is 0 Å². The summed E-state index contributed by atoms with van der Waals surface area (Å²) in [6.45, 7) is 2.77. The van der Waals surface area contributed by atoms with E-state index in [0.717, 1.165) is 23.1 Å². The quantitative estimate of drug-likeness (QED) is 0.596. The molecule has 0 saturated heterocycles. The fraction of sp³-hybridized carbons (Fsp3) is 0.296. The van der Waals surface area contributed by atoms with Crippen molar-refractivity contribution >= 4 is 0 Å². The normalized spacial score (nSPS) is 19.2. The predicted octanol–water partition coefficient (Wildman–Crippen LogP) is 4.58. The number of benzene rings is 2. The molecule has 1 aliphatic rings. The second kappa shape index (κ2) is 9.55. The van der Waals surface area contributed by atoms with Crippen molar-refractivity contribution in [2.75, 3.05) is 13.3 Å². The standard InChI is InChI=1S/C27H30N2O3/c1-21(22-9-11-23(12-10-22)24-13-16-28(2)26(31)19-24)29-17-15-27(32-20-29,14-6-18-30)25-7-4-3-5-8-25/h3-5,7-13,15-17,19,21,30H,6,14,18,20H2,1-2H3/t21-,27+/m0/s1. The van der Waals surface area contributed by atoms with E-state index < -0.39 is 5.60 Å². The van der Waals surface area contributed by atoms with Crippen LogP contribution >= 0.6 is 0 Å². The van der Waals surface area contributed by atoms with Gasteiger partial charge in [0.2, 0.25) is 0 Å². The van der Waals surface area contributed by atoms with E-state index in [2.05, 4.69) is 60.5 Å². The van der Waals surface area contributed by atoms with Gasteiger partial charge in [-0.25, -0.2) is 0 Å². The number of aliphatic hydroxyl groups is 1. The Morgan fingerprint density at radius 2 is 1.81 bits per heavy atom. The minimum atomic E-state index is -0.510. The highest BCUT2D eigenvalue weighted by Crippen LogP contribution is 2.37. The van der Waals surface area contributed by atoms with Gasteiger partial charge in [-0.1, -0.05) is 54.6 Å². The molecular weight excluding hydrogens is 400 g/mol. The number of hydrogen-bond donors (Lipinski definition) is 1. The van der Waals surface area contributed by atoms with Crippen LogP contribution < -0.4 is 5.56 Å². The zero-order valence-corrected chi connectivity index (χ0v) is 18.6. The largest absolute Gasteiger partial charge is 0.396 e. The minimum absolute atomic E-state index is 0.0151. The second-order valence-corrected chi connectivity index (χ2v) is 8.35. The second-order valence-electron chi connectivity index (χ2n) is 8.35. The van der Waals surface area contributed by atoms with Crippen molar-refractivity contribution in [1.29, 1.82) is 0 Å². The number of aryl methyl sites for hydroxylation is 1. The molecule has 4 rings (SSSR count). The summed E-state index contributed by atoms with van der Waals surface area (Å²) >= 11 is 0. The lowest BCUT2D eigenvalue weighted by Gasteiger charge is -2.40. The van der Waals surface area contributed by atoms with Gasteiger partial charge in [0.1, 0.15) is 12.3 Å². The molecule has 0 amide bonds. The molecule has 32 heavy (non-hydrogen) atoms. The summed E-state index contributed by atoms with van der Waals surface area (Å²) in [5.41, 5.74) is 3.70. The van der Waals surface area contributed by atoms with Crippen LogP contribution in [-0.2, 0) is 17.4 Å². The van der Waals surface area contributed by atoms with Crippen molar-refractivity contribution in [3.63, 3.8) is 0 Å². The monoisotopic (exact) mass is 430 g/mol. The summed E-state index contributed by atoms with van der Waals surface area (Å²) in [6, 6.07) is 22.3. The van der Waals surface area contributed by atoms with Gasteiger partial charge in [0, 0.05) is 32.1 Å². The molecule has 166 valence electrons. The Hall–Kier alpha value is -3.15. The highest BCUT2D eigenvalue weighted by atomic mass is 16.5. The SMILES string of the molecule is C[C@@H](c1ccc(-c2ccn(C)c(=O)c2)cc1)N1C=C[C@](CCCO)(c2ccccc2)OC1. The number of ether oxygens (including phenoxy) is 1. The van der Waals surface area contributed by atoms with Gasteiger partial charge in [-0.05, 0) is 54.2 Å². The number of pyridine rings is 1. The van der Waals surface area contributed by atoms with Crippen molar-refractivity contribution in [3.05, 3.63) is 107 Å². The summed E-state index contributed by atoms with van der Waals surface area (Å²) in [6.07, 6.45) is 7.44. The summed E-state index contributed by atoms with van der Waals surface area (Å²) < 4.78 is 7.99. The van der Waals surface area contributed by atoms with Gasteiger partial charge in [-0.15, -0.1) is 0 Å². The lowest BCUT2D eigenvalue weighted by atomic mass is 9.88. The zero-order chi connectivity index (χ0) is 22.6. The van der Waals surface area contributed by atoms with E-state index in [1.807, 2.05) is 24.3 Å². The van der Waals surface area contributed by atoms with Crippen LogP contribution in [0.5, 0.6) is 0 Å². The van der Waals surface area contributed by atoms with Crippen LogP contribution in [0.3, 0.4) is 0 Å².